The molecule has 0 spiro atoms. The molecule has 4 nitrogen and oxygen atoms in total. The van der Waals surface area contributed by atoms with Gasteiger partial charge in [0.2, 0.25) is 0 Å². The van der Waals surface area contributed by atoms with Gasteiger partial charge >= 0.3 is 0 Å². The predicted molar refractivity (Wildman–Crippen MR) is 87.6 cm³/mol. The van der Waals surface area contributed by atoms with Gasteiger partial charge in [0.1, 0.15) is 17.5 Å². The van der Waals surface area contributed by atoms with Crippen LogP contribution in [0.5, 0.6) is 0 Å². The van der Waals surface area contributed by atoms with Crippen LogP contribution in [0.3, 0.4) is 0 Å². The van der Waals surface area contributed by atoms with Gasteiger partial charge in [0.05, 0.1) is 0 Å². The van der Waals surface area contributed by atoms with Gasteiger partial charge in [0.25, 0.3) is 0 Å². The van der Waals surface area contributed by atoms with Gasteiger partial charge in [0.15, 0.2) is 0 Å². The lowest BCUT2D eigenvalue weighted by Crippen LogP contribution is -2.34. The molecule has 0 fully saturated rings. The molecule has 1 aromatic rings. The second kappa shape index (κ2) is 6.42. The van der Waals surface area contributed by atoms with E-state index in [0.717, 1.165) is 24.0 Å². The Morgan fingerprint density at radius 2 is 1.80 bits per heavy atom. The van der Waals surface area contributed by atoms with Gasteiger partial charge in [-0.25, -0.2) is 9.97 Å². The Labute approximate surface area is 124 Å². The normalized spacial score (nSPS) is 13.4. The molecule has 114 valence electrons. The van der Waals surface area contributed by atoms with Crippen LogP contribution >= 0.6 is 0 Å². The molecule has 0 amide bonds. The smallest absolute Gasteiger partial charge is 0.138 e. The van der Waals surface area contributed by atoms with Crippen molar-refractivity contribution in [1.82, 2.24) is 9.97 Å². The molecule has 0 aliphatic rings. The molecule has 20 heavy (non-hydrogen) atoms. The molecule has 1 aromatic heterocycles. The minimum Gasteiger partial charge on any atom is -0.370 e. The summed E-state index contributed by atoms with van der Waals surface area (Å²) < 4.78 is 0. The minimum atomic E-state index is -0.0535. The maximum Gasteiger partial charge on any atom is 0.138 e. The maximum absolute atomic E-state index is 4.77. The van der Waals surface area contributed by atoms with Crippen molar-refractivity contribution in [2.75, 3.05) is 23.8 Å². The van der Waals surface area contributed by atoms with Crippen LogP contribution in [-0.4, -0.2) is 29.6 Å². The second-order valence-electron chi connectivity index (χ2n) is 6.81. The third-order valence-electron chi connectivity index (χ3n) is 3.68. The quantitative estimate of drug-likeness (QED) is 0.892. The first-order valence-electron chi connectivity index (χ1n) is 7.53. The van der Waals surface area contributed by atoms with E-state index in [0.29, 0.717) is 12.0 Å². The fraction of sp³-hybridized carbons (Fsp3) is 0.750. The van der Waals surface area contributed by atoms with Crippen molar-refractivity contribution in [3.63, 3.8) is 0 Å². The average molecular weight is 278 g/mol. The number of rotatable bonds is 5. The standard InChI is InChI=1S/C16H30N4/c1-9-17-13-10-14(20(8)12(4)11(2)3)19-15(18-13)16(5,6)7/h10-12H,9H2,1-8H3,(H,17,18,19). The van der Waals surface area contributed by atoms with Crippen molar-refractivity contribution in [2.24, 2.45) is 5.92 Å². The van der Waals surface area contributed by atoms with Gasteiger partial charge in [-0.05, 0) is 19.8 Å². The molecule has 4 heteroatoms. The number of nitrogens with one attached hydrogen (secondary N) is 1. The van der Waals surface area contributed by atoms with Gasteiger partial charge in [-0.1, -0.05) is 34.6 Å². The van der Waals surface area contributed by atoms with Crippen molar-refractivity contribution in [3.8, 4) is 0 Å². The summed E-state index contributed by atoms with van der Waals surface area (Å²) in [6.07, 6.45) is 0. The lowest BCUT2D eigenvalue weighted by atomic mass is 9.95. The Hall–Kier alpha value is -1.32. The van der Waals surface area contributed by atoms with E-state index in [2.05, 4.69) is 70.7 Å². The third kappa shape index (κ3) is 4.09. The summed E-state index contributed by atoms with van der Waals surface area (Å²) in [5.41, 5.74) is -0.0535. The minimum absolute atomic E-state index is 0.0535. The van der Waals surface area contributed by atoms with E-state index in [1.54, 1.807) is 0 Å². The summed E-state index contributed by atoms with van der Waals surface area (Å²) >= 11 is 0. The zero-order chi connectivity index (χ0) is 15.5. The summed E-state index contributed by atoms with van der Waals surface area (Å²) in [5.74, 6) is 3.36. The molecular weight excluding hydrogens is 248 g/mol. The predicted octanol–water partition coefficient (Wildman–Crippen LogP) is 3.69. The first kappa shape index (κ1) is 16.7. The Bertz CT molecular complexity index is 435. The van der Waals surface area contributed by atoms with Crippen molar-refractivity contribution in [1.29, 1.82) is 0 Å². The fourth-order valence-electron chi connectivity index (χ4n) is 1.88. The first-order chi connectivity index (χ1) is 9.16. The fourth-order valence-corrected chi connectivity index (χ4v) is 1.88. The monoisotopic (exact) mass is 278 g/mol. The molecule has 0 saturated heterocycles. The highest BCUT2D eigenvalue weighted by molar-refractivity contribution is 5.50. The van der Waals surface area contributed by atoms with Crippen LogP contribution in [0.25, 0.3) is 0 Å². The van der Waals surface area contributed by atoms with Crippen molar-refractivity contribution in [3.05, 3.63) is 11.9 Å². The summed E-state index contributed by atoms with van der Waals surface area (Å²) in [6.45, 7) is 16.1. The molecule has 1 atom stereocenters. The van der Waals surface area contributed by atoms with Gasteiger partial charge in [-0.3, -0.25) is 0 Å². The molecule has 0 bridgehead atoms. The van der Waals surface area contributed by atoms with Crippen LogP contribution in [0.15, 0.2) is 6.07 Å². The summed E-state index contributed by atoms with van der Waals surface area (Å²) in [5, 5.41) is 3.31. The molecule has 1 unspecified atom stereocenters. The van der Waals surface area contributed by atoms with E-state index in [9.17, 15) is 0 Å². The molecular formula is C16H30N4. The topological polar surface area (TPSA) is 41.0 Å². The molecule has 1 heterocycles. The van der Waals surface area contributed by atoms with E-state index in [1.165, 1.54) is 0 Å². The van der Waals surface area contributed by atoms with E-state index in [1.807, 2.05) is 6.07 Å². The number of nitrogens with zero attached hydrogens (tertiary/aromatic N) is 3. The van der Waals surface area contributed by atoms with Gasteiger partial charge in [-0.2, -0.15) is 0 Å². The lowest BCUT2D eigenvalue weighted by molar-refractivity contribution is 0.497. The van der Waals surface area contributed by atoms with Gasteiger partial charge in [0, 0.05) is 31.1 Å². The maximum atomic E-state index is 4.77. The molecule has 0 radical (unpaired) electrons. The highest BCUT2D eigenvalue weighted by Gasteiger charge is 2.22. The van der Waals surface area contributed by atoms with Crippen molar-refractivity contribution >= 4 is 11.6 Å². The van der Waals surface area contributed by atoms with E-state index < -0.39 is 0 Å². The molecule has 0 aliphatic carbocycles. The third-order valence-corrected chi connectivity index (χ3v) is 3.68. The summed E-state index contributed by atoms with van der Waals surface area (Å²) in [7, 11) is 2.11. The largest absolute Gasteiger partial charge is 0.370 e. The van der Waals surface area contributed by atoms with Crippen LogP contribution in [-0.2, 0) is 5.41 Å². The average Bonchev–Trinajstić information content (AvgIpc) is 2.35. The number of aromatic nitrogens is 2. The zero-order valence-electron chi connectivity index (χ0n) is 14.3. The SMILES string of the molecule is CCNc1cc(N(C)C(C)C(C)C)nc(C(C)(C)C)n1. The van der Waals surface area contributed by atoms with Gasteiger partial charge < -0.3 is 10.2 Å². The molecule has 1 rings (SSSR count). The van der Waals surface area contributed by atoms with E-state index in [4.69, 9.17) is 4.98 Å². The van der Waals surface area contributed by atoms with Crippen LogP contribution in [0.4, 0.5) is 11.6 Å². The summed E-state index contributed by atoms with van der Waals surface area (Å²) in [4.78, 5) is 11.6. The van der Waals surface area contributed by atoms with E-state index in [-0.39, 0.29) is 5.41 Å². The Morgan fingerprint density at radius 1 is 1.20 bits per heavy atom. The Balaban J connectivity index is 3.21. The lowest BCUT2D eigenvalue weighted by Gasteiger charge is -2.30. The van der Waals surface area contributed by atoms with E-state index >= 15 is 0 Å². The Kier molecular flexibility index (Phi) is 5.37. The zero-order valence-corrected chi connectivity index (χ0v) is 14.3. The van der Waals surface area contributed by atoms with Crippen molar-refractivity contribution < 1.29 is 0 Å². The number of hydrogen-bond donors (Lipinski definition) is 1. The highest BCUT2D eigenvalue weighted by Crippen LogP contribution is 2.25. The molecule has 1 N–H and O–H groups in total. The highest BCUT2D eigenvalue weighted by atomic mass is 15.2. The molecule has 0 aliphatic heterocycles. The van der Waals surface area contributed by atoms with Crippen LogP contribution in [0, 0.1) is 5.92 Å². The summed E-state index contributed by atoms with van der Waals surface area (Å²) in [6, 6.07) is 2.48. The number of anilines is 2. The molecule has 0 saturated carbocycles. The van der Waals surface area contributed by atoms with Crippen LogP contribution in [0.1, 0.15) is 54.3 Å². The molecule has 0 aromatic carbocycles. The second-order valence-corrected chi connectivity index (χ2v) is 6.81. The van der Waals surface area contributed by atoms with Gasteiger partial charge in [-0.15, -0.1) is 0 Å². The number of hydrogen-bond acceptors (Lipinski definition) is 4. The van der Waals surface area contributed by atoms with Crippen LogP contribution in [0.2, 0.25) is 0 Å². The first-order valence-corrected chi connectivity index (χ1v) is 7.53. The van der Waals surface area contributed by atoms with Crippen LogP contribution < -0.4 is 10.2 Å². The Morgan fingerprint density at radius 3 is 2.25 bits per heavy atom. The van der Waals surface area contributed by atoms with Crippen molar-refractivity contribution in [2.45, 2.75) is 59.9 Å².